The van der Waals surface area contributed by atoms with Crippen molar-refractivity contribution in [2.24, 2.45) is 5.92 Å². The highest BCUT2D eigenvalue weighted by Crippen LogP contribution is 2.32. The highest BCUT2D eigenvalue weighted by atomic mass is 32.2. The average Bonchev–Trinajstić information content (AvgIpc) is 2.82. The van der Waals surface area contributed by atoms with E-state index in [1.807, 2.05) is 0 Å². The van der Waals surface area contributed by atoms with Crippen LogP contribution in [0.2, 0.25) is 0 Å². The lowest BCUT2D eigenvalue weighted by molar-refractivity contribution is -0.156. The van der Waals surface area contributed by atoms with Crippen molar-refractivity contribution in [2.75, 3.05) is 18.1 Å². The summed E-state index contributed by atoms with van der Waals surface area (Å²) in [7, 11) is -3.12. The Morgan fingerprint density at radius 2 is 2.06 bits per heavy atom. The van der Waals surface area contributed by atoms with Crippen LogP contribution in [0.25, 0.3) is 0 Å². The van der Waals surface area contributed by atoms with Crippen molar-refractivity contribution >= 4 is 21.7 Å². The summed E-state index contributed by atoms with van der Waals surface area (Å²) in [4.78, 5) is 24.9. The van der Waals surface area contributed by atoms with Gasteiger partial charge in [-0.1, -0.05) is 0 Å². The molecule has 6 nitrogen and oxygen atoms in total. The van der Waals surface area contributed by atoms with Gasteiger partial charge in [0.25, 0.3) is 0 Å². The number of rotatable bonds is 2. The summed E-state index contributed by atoms with van der Waals surface area (Å²) in [5.41, 5.74) is -1.18. The van der Waals surface area contributed by atoms with Crippen molar-refractivity contribution < 1.29 is 23.1 Å². The van der Waals surface area contributed by atoms with Crippen LogP contribution in [0.5, 0.6) is 0 Å². The van der Waals surface area contributed by atoms with Gasteiger partial charge in [0.1, 0.15) is 5.54 Å². The third-order valence-electron chi connectivity index (χ3n) is 3.95. The van der Waals surface area contributed by atoms with Crippen LogP contribution >= 0.6 is 0 Å². The third-order valence-corrected chi connectivity index (χ3v) is 5.72. The van der Waals surface area contributed by atoms with E-state index in [0.29, 0.717) is 25.8 Å². The van der Waals surface area contributed by atoms with E-state index < -0.39 is 27.3 Å². The Morgan fingerprint density at radius 1 is 1.39 bits per heavy atom. The molecule has 0 bridgehead atoms. The van der Waals surface area contributed by atoms with E-state index >= 15 is 0 Å². The van der Waals surface area contributed by atoms with Crippen molar-refractivity contribution in [1.82, 2.24) is 4.90 Å². The summed E-state index contributed by atoms with van der Waals surface area (Å²) in [6, 6.07) is 0. The Labute approximate surface area is 106 Å². The van der Waals surface area contributed by atoms with E-state index in [-0.39, 0.29) is 17.4 Å². The molecule has 1 amide bonds. The first-order valence-electron chi connectivity index (χ1n) is 6.01. The van der Waals surface area contributed by atoms with E-state index in [9.17, 15) is 23.1 Å². The fourth-order valence-corrected chi connectivity index (χ4v) is 4.48. The van der Waals surface area contributed by atoms with E-state index in [4.69, 9.17) is 0 Å². The van der Waals surface area contributed by atoms with Crippen LogP contribution in [-0.2, 0) is 19.4 Å². The van der Waals surface area contributed by atoms with Gasteiger partial charge in [-0.15, -0.1) is 0 Å². The maximum absolute atomic E-state index is 12.3. The van der Waals surface area contributed by atoms with Gasteiger partial charge in [-0.25, -0.2) is 13.2 Å². The van der Waals surface area contributed by atoms with Gasteiger partial charge < -0.3 is 10.0 Å². The summed E-state index contributed by atoms with van der Waals surface area (Å²) in [5, 5.41) is 9.23. The molecule has 18 heavy (non-hydrogen) atoms. The predicted octanol–water partition coefficient (Wildman–Crippen LogP) is -0.113. The predicted molar refractivity (Wildman–Crippen MR) is 63.7 cm³/mol. The summed E-state index contributed by atoms with van der Waals surface area (Å²) < 4.78 is 22.7. The van der Waals surface area contributed by atoms with Crippen LogP contribution in [0.4, 0.5) is 0 Å². The second-order valence-corrected chi connectivity index (χ2v) is 7.50. The maximum atomic E-state index is 12.3. The Balaban J connectivity index is 2.17. The normalized spacial score (nSPS) is 34.7. The lowest BCUT2D eigenvalue weighted by Crippen LogP contribution is -2.52. The highest BCUT2D eigenvalue weighted by molar-refractivity contribution is 7.91. The number of sulfone groups is 1. The van der Waals surface area contributed by atoms with Crippen LogP contribution in [0, 0.1) is 5.92 Å². The topological polar surface area (TPSA) is 91.8 Å². The number of amides is 1. The summed E-state index contributed by atoms with van der Waals surface area (Å²) in [6.45, 7) is 1.93. The van der Waals surface area contributed by atoms with E-state index in [0.717, 1.165) is 0 Å². The van der Waals surface area contributed by atoms with Gasteiger partial charge in [-0.2, -0.15) is 0 Å². The van der Waals surface area contributed by atoms with Gasteiger partial charge in [0.2, 0.25) is 5.91 Å². The lowest BCUT2D eigenvalue weighted by Gasteiger charge is -2.32. The van der Waals surface area contributed by atoms with Gasteiger partial charge >= 0.3 is 5.97 Å². The molecule has 2 aliphatic rings. The van der Waals surface area contributed by atoms with Crippen molar-refractivity contribution in [3.8, 4) is 0 Å². The summed E-state index contributed by atoms with van der Waals surface area (Å²) in [5.74, 6) is -2.02. The first kappa shape index (κ1) is 13.3. The zero-order valence-corrected chi connectivity index (χ0v) is 11.1. The molecule has 7 heteroatoms. The number of carboxylic acids is 1. The molecule has 0 radical (unpaired) electrons. The van der Waals surface area contributed by atoms with Crippen LogP contribution < -0.4 is 0 Å². The van der Waals surface area contributed by atoms with Crippen LogP contribution in [0.15, 0.2) is 0 Å². The number of likely N-dealkylation sites (tertiary alicyclic amines) is 1. The number of aliphatic carboxylic acids is 1. The second-order valence-electron chi connectivity index (χ2n) is 5.27. The molecule has 1 N–H and O–H groups in total. The van der Waals surface area contributed by atoms with E-state index in [2.05, 4.69) is 0 Å². The zero-order valence-electron chi connectivity index (χ0n) is 10.3. The Hall–Kier alpha value is -1.11. The van der Waals surface area contributed by atoms with Crippen molar-refractivity contribution in [1.29, 1.82) is 0 Å². The van der Waals surface area contributed by atoms with Crippen molar-refractivity contribution in [3.63, 3.8) is 0 Å². The monoisotopic (exact) mass is 275 g/mol. The first-order chi connectivity index (χ1) is 8.26. The lowest BCUT2D eigenvalue weighted by atomic mass is 9.97. The van der Waals surface area contributed by atoms with Crippen LogP contribution in [0.1, 0.15) is 26.2 Å². The SMILES string of the molecule is CC1(C(=O)O)CCCN1C(=O)C1CCS(=O)(=O)C1. The third kappa shape index (κ3) is 2.11. The fourth-order valence-electron chi connectivity index (χ4n) is 2.75. The molecule has 0 spiro atoms. The zero-order chi connectivity index (χ0) is 13.6. The van der Waals surface area contributed by atoms with E-state index in [1.165, 1.54) is 11.8 Å². The Bertz CT molecular complexity index is 486. The fraction of sp³-hybridized carbons (Fsp3) is 0.818. The molecule has 2 fully saturated rings. The molecule has 2 rings (SSSR count). The van der Waals surface area contributed by atoms with Crippen molar-refractivity contribution in [3.05, 3.63) is 0 Å². The molecule has 0 aliphatic carbocycles. The van der Waals surface area contributed by atoms with Gasteiger partial charge in [0.05, 0.1) is 17.4 Å². The largest absolute Gasteiger partial charge is 0.480 e. The minimum atomic E-state index is -3.12. The summed E-state index contributed by atoms with van der Waals surface area (Å²) in [6.07, 6.45) is 1.38. The quantitative estimate of drug-likeness (QED) is 0.759. The molecule has 0 aromatic carbocycles. The highest BCUT2D eigenvalue weighted by Gasteiger charge is 2.48. The van der Waals surface area contributed by atoms with Gasteiger partial charge in [-0.05, 0) is 26.2 Å². The smallest absolute Gasteiger partial charge is 0.329 e. The molecule has 0 aromatic heterocycles. The molecule has 102 valence electrons. The standard InChI is InChI=1S/C11H17NO5S/c1-11(10(14)15)4-2-5-12(11)9(13)8-3-6-18(16,17)7-8/h8H,2-7H2,1H3,(H,14,15). The first-order valence-corrected chi connectivity index (χ1v) is 7.84. The molecular weight excluding hydrogens is 258 g/mol. The van der Waals surface area contributed by atoms with Crippen LogP contribution in [-0.4, -0.2) is 53.9 Å². The van der Waals surface area contributed by atoms with Gasteiger partial charge in [0.15, 0.2) is 9.84 Å². The Kier molecular flexibility index (Phi) is 3.12. The molecule has 0 saturated carbocycles. The molecule has 2 aliphatic heterocycles. The molecular formula is C11H17NO5S. The van der Waals surface area contributed by atoms with Crippen molar-refractivity contribution in [2.45, 2.75) is 31.7 Å². The van der Waals surface area contributed by atoms with Crippen LogP contribution in [0.3, 0.4) is 0 Å². The maximum Gasteiger partial charge on any atom is 0.329 e. The number of carbonyl (C=O) groups excluding carboxylic acids is 1. The number of carbonyl (C=O) groups is 2. The van der Waals surface area contributed by atoms with Gasteiger partial charge in [0, 0.05) is 6.54 Å². The number of nitrogens with zero attached hydrogens (tertiary/aromatic N) is 1. The number of carboxylic acid groups (broad SMARTS) is 1. The molecule has 2 unspecified atom stereocenters. The minimum Gasteiger partial charge on any atom is -0.480 e. The van der Waals surface area contributed by atoms with E-state index in [1.54, 1.807) is 0 Å². The molecule has 2 atom stereocenters. The molecule has 0 aromatic rings. The van der Waals surface area contributed by atoms with Gasteiger partial charge in [-0.3, -0.25) is 4.79 Å². The second kappa shape index (κ2) is 4.22. The number of hydrogen-bond acceptors (Lipinski definition) is 4. The Morgan fingerprint density at radius 3 is 2.56 bits per heavy atom. The number of hydrogen-bond donors (Lipinski definition) is 1. The summed E-state index contributed by atoms with van der Waals surface area (Å²) >= 11 is 0. The molecule has 2 heterocycles. The average molecular weight is 275 g/mol. The minimum absolute atomic E-state index is 0.0288. The molecule has 2 saturated heterocycles.